The molecule has 1 aliphatic rings. The molecule has 0 saturated heterocycles. The number of para-hydroxylation sites is 2. The minimum absolute atomic E-state index is 0.153. The fraction of sp³-hybridized carbons (Fsp3) is 0.211. The third-order valence-electron chi connectivity index (χ3n) is 4.16. The van der Waals surface area contributed by atoms with Crippen molar-refractivity contribution in [3.63, 3.8) is 0 Å². The van der Waals surface area contributed by atoms with Crippen LogP contribution >= 0.6 is 0 Å². The molecule has 1 aromatic heterocycles. The van der Waals surface area contributed by atoms with E-state index in [0.29, 0.717) is 17.8 Å². The molecule has 0 aliphatic heterocycles. The lowest BCUT2D eigenvalue weighted by molar-refractivity contribution is 0.0723. The highest BCUT2D eigenvalue weighted by atomic mass is 19.1. The van der Waals surface area contributed by atoms with Crippen molar-refractivity contribution in [2.75, 3.05) is 0 Å². The molecule has 24 heavy (non-hydrogen) atoms. The van der Waals surface area contributed by atoms with Gasteiger partial charge in [0.05, 0.1) is 17.2 Å². The summed E-state index contributed by atoms with van der Waals surface area (Å²) >= 11 is 0. The van der Waals surface area contributed by atoms with Gasteiger partial charge in [-0.3, -0.25) is 9.78 Å². The van der Waals surface area contributed by atoms with Gasteiger partial charge in [-0.1, -0.05) is 24.3 Å². The second-order valence-corrected chi connectivity index (χ2v) is 6.04. The molecule has 4 nitrogen and oxygen atoms in total. The van der Waals surface area contributed by atoms with Crippen molar-refractivity contribution in [2.24, 2.45) is 0 Å². The topological polar surface area (TPSA) is 46.1 Å². The van der Waals surface area contributed by atoms with E-state index in [9.17, 15) is 9.18 Å². The van der Waals surface area contributed by atoms with Crippen LogP contribution in [0.5, 0.6) is 0 Å². The first-order chi connectivity index (χ1) is 11.7. The van der Waals surface area contributed by atoms with E-state index in [0.717, 1.165) is 23.9 Å². The number of benzene rings is 2. The highest BCUT2D eigenvalue weighted by Crippen LogP contribution is 2.29. The molecule has 3 aromatic rings. The van der Waals surface area contributed by atoms with Crippen molar-refractivity contribution in [1.29, 1.82) is 0 Å². The zero-order chi connectivity index (χ0) is 16.5. The number of rotatable bonds is 4. The molecule has 5 heteroatoms. The van der Waals surface area contributed by atoms with Crippen molar-refractivity contribution >= 4 is 16.9 Å². The number of hydrogen-bond donors (Lipinski definition) is 0. The van der Waals surface area contributed by atoms with Crippen LogP contribution < -0.4 is 0 Å². The average molecular weight is 321 g/mol. The maximum absolute atomic E-state index is 13.4. The first-order valence-corrected chi connectivity index (χ1v) is 7.98. The van der Waals surface area contributed by atoms with Crippen LogP contribution in [0.1, 0.15) is 28.9 Å². The molecular formula is C19H16FN3O. The molecule has 1 saturated carbocycles. The zero-order valence-corrected chi connectivity index (χ0v) is 13.0. The summed E-state index contributed by atoms with van der Waals surface area (Å²) in [4.78, 5) is 23.4. The summed E-state index contributed by atoms with van der Waals surface area (Å²) in [5.41, 5.74) is 2.57. The molecular weight excluding hydrogens is 305 g/mol. The maximum atomic E-state index is 13.4. The largest absolute Gasteiger partial charge is 0.330 e. The van der Waals surface area contributed by atoms with E-state index >= 15 is 0 Å². The molecule has 1 amide bonds. The Kier molecular flexibility index (Phi) is 3.69. The lowest BCUT2D eigenvalue weighted by Gasteiger charge is -2.22. The molecule has 0 N–H and O–H groups in total. The van der Waals surface area contributed by atoms with Crippen LogP contribution in [0.2, 0.25) is 0 Å². The lowest BCUT2D eigenvalue weighted by atomic mass is 10.2. The molecule has 0 radical (unpaired) electrons. The fourth-order valence-electron chi connectivity index (χ4n) is 2.79. The Morgan fingerprint density at radius 1 is 1.12 bits per heavy atom. The quantitative estimate of drug-likeness (QED) is 0.738. The summed E-state index contributed by atoms with van der Waals surface area (Å²) in [6.45, 7) is 0.385. The van der Waals surface area contributed by atoms with E-state index < -0.39 is 0 Å². The first kappa shape index (κ1) is 14.8. The zero-order valence-electron chi connectivity index (χ0n) is 13.0. The summed E-state index contributed by atoms with van der Waals surface area (Å²) in [7, 11) is 0. The van der Waals surface area contributed by atoms with Gasteiger partial charge in [-0.2, -0.15) is 0 Å². The van der Waals surface area contributed by atoms with Crippen molar-refractivity contribution in [2.45, 2.75) is 25.4 Å². The van der Waals surface area contributed by atoms with Gasteiger partial charge in [-0.05, 0) is 42.7 Å². The van der Waals surface area contributed by atoms with E-state index in [-0.39, 0.29) is 17.8 Å². The molecule has 1 fully saturated rings. The van der Waals surface area contributed by atoms with E-state index in [4.69, 9.17) is 0 Å². The highest BCUT2D eigenvalue weighted by molar-refractivity contribution is 5.94. The van der Waals surface area contributed by atoms with E-state index in [1.165, 1.54) is 18.3 Å². The van der Waals surface area contributed by atoms with Gasteiger partial charge in [-0.25, -0.2) is 9.37 Å². The number of amides is 1. The van der Waals surface area contributed by atoms with Crippen LogP contribution in [-0.2, 0) is 6.54 Å². The predicted molar refractivity (Wildman–Crippen MR) is 88.8 cm³/mol. The van der Waals surface area contributed by atoms with Gasteiger partial charge in [-0.15, -0.1) is 0 Å². The molecule has 0 unspecified atom stereocenters. The van der Waals surface area contributed by atoms with E-state index in [2.05, 4.69) is 9.97 Å². The second-order valence-electron chi connectivity index (χ2n) is 6.04. The van der Waals surface area contributed by atoms with Gasteiger partial charge in [0.15, 0.2) is 0 Å². The summed E-state index contributed by atoms with van der Waals surface area (Å²) in [5, 5.41) is 0. The monoisotopic (exact) mass is 321 g/mol. The van der Waals surface area contributed by atoms with Crippen LogP contribution in [0.4, 0.5) is 4.39 Å². The van der Waals surface area contributed by atoms with Gasteiger partial charge >= 0.3 is 0 Å². The number of carbonyl (C=O) groups is 1. The number of nitrogens with zero attached hydrogens (tertiary/aromatic N) is 3. The Balaban J connectivity index is 1.63. The minimum Gasteiger partial charge on any atom is -0.330 e. The maximum Gasteiger partial charge on any atom is 0.274 e. The Labute approximate surface area is 139 Å². The fourth-order valence-corrected chi connectivity index (χ4v) is 2.79. The predicted octanol–water partition coefficient (Wildman–Crippen LogP) is 3.57. The Morgan fingerprint density at radius 3 is 2.67 bits per heavy atom. The van der Waals surface area contributed by atoms with Crippen molar-refractivity contribution in [3.05, 3.63) is 71.8 Å². The number of halogens is 1. The van der Waals surface area contributed by atoms with Gasteiger partial charge < -0.3 is 4.90 Å². The summed E-state index contributed by atoms with van der Waals surface area (Å²) < 4.78 is 13.4. The lowest BCUT2D eigenvalue weighted by Crippen LogP contribution is -2.33. The first-order valence-electron chi connectivity index (χ1n) is 7.98. The van der Waals surface area contributed by atoms with Crippen molar-refractivity contribution in [1.82, 2.24) is 14.9 Å². The summed E-state index contributed by atoms with van der Waals surface area (Å²) in [6, 6.07) is 14.0. The molecule has 1 heterocycles. The van der Waals surface area contributed by atoms with Gasteiger partial charge in [0.2, 0.25) is 0 Å². The standard InChI is InChI=1S/C19H16FN3O/c20-14-5-3-4-13(10-14)12-23(15-8-9-15)19(24)18-11-21-16-6-1-2-7-17(16)22-18/h1-7,10-11,15H,8-9,12H2. The number of fused-ring (bicyclic) bond motifs is 1. The number of hydrogen-bond acceptors (Lipinski definition) is 3. The van der Waals surface area contributed by atoms with E-state index in [1.807, 2.05) is 30.3 Å². The highest BCUT2D eigenvalue weighted by Gasteiger charge is 2.33. The molecule has 0 spiro atoms. The third kappa shape index (κ3) is 2.97. The van der Waals surface area contributed by atoms with Crippen LogP contribution in [0.25, 0.3) is 11.0 Å². The summed E-state index contributed by atoms with van der Waals surface area (Å²) in [6.07, 6.45) is 3.47. The van der Waals surface area contributed by atoms with Gasteiger partial charge in [0.1, 0.15) is 11.5 Å². The molecule has 2 aromatic carbocycles. The van der Waals surface area contributed by atoms with Gasteiger partial charge in [0.25, 0.3) is 5.91 Å². The van der Waals surface area contributed by atoms with Crippen molar-refractivity contribution in [3.8, 4) is 0 Å². The minimum atomic E-state index is -0.291. The third-order valence-corrected chi connectivity index (χ3v) is 4.16. The molecule has 120 valence electrons. The van der Waals surface area contributed by atoms with Crippen molar-refractivity contribution < 1.29 is 9.18 Å². The second kappa shape index (κ2) is 6.00. The Bertz CT molecular complexity index is 908. The van der Waals surface area contributed by atoms with Crippen LogP contribution in [0.3, 0.4) is 0 Å². The van der Waals surface area contributed by atoms with Gasteiger partial charge in [0, 0.05) is 12.6 Å². The number of carbonyl (C=O) groups excluding carboxylic acids is 1. The normalized spacial score (nSPS) is 13.9. The molecule has 4 rings (SSSR count). The van der Waals surface area contributed by atoms with Crippen LogP contribution in [-0.4, -0.2) is 26.8 Å². The molecule has 0 atom stereocenters. The Hall–Kier alpha value is -2.82. The average Bonchev–Trinajstić information content (AvgIpc) is 3.44. The van der Waals surface area contributed by atoms with Crippen LogP contribution in [0, 0.1) is 5.82 Å². The molecule has 1 aliphatic carbocycles. The Morgan fingerprint density at radius 2 is 1.92 bits per heavy atom. The number of aromatic nitrogens is 2. The SMILES string of the molecule is O=C(c1cnc2ccccc2n1)N(Cc1cccc(F)c1)C1CC1. The smallest absolute Gasteiger partial charge is 0.274 e. The van der Waals surface area contributed by atoms with Crippen LogP contribution in [0.15, 0.2) is 54.7 Å². The molecule has 0 bridgehead atoms. The summed E-state index contributed by atoms with van der Waals surface area (Å²) in [5.74, 6) is -0.443. The van der Waals surface area contributed by atoms with E-state index in [1.54, 1.807) is 11.0 Å².